The lowest BCUT2D eigenvalue weighted by Gasteiger charge is -2.36. The smallest absolute Gasteiger partial charge is 0.271 e. The second-order valence-corrected chi connectivity index (χ2v) is 11.0. The first kappa shape index (κ1) is 24.8. The van der Waals surface area contributed by atoms with Crippen molar-refractivity contribution in [3.05, 3.63) is 52.9 Å². The maximum Gasteiger partial charge on any atom is 0.271 e. The number of carbonyl (C=O) groups excluding carboxylic acids is 1. The first-order chi connectivity index (χ1) is 17.3. The van der Waals surface area contributed by atoms with Gasteiger partial charge in [-0.3, -0.25) is 9.78 Å². The summed E-state index contributed by atoms with van der Waals surface area (Å²) < 4.78 is 16.7. The van der Waals surface area contributed by atoms with Gasteiger partial charge >= 0.3 is 0 Å². The first-order valence-corrected chi connectivity index (χ1v) is 13.1. The van der Waals surface area contributed by atoms with E-state index in [-0.39, 0.29) is 23.9 Å². The minimum Gasteiger partial charge on any atom is -0.393 e. The van der Waals surface area contributed by atoms with E-state index in [4.69, 9.17) is 0 Å². The van der Waals surface area contributed by atoms with Crippen LogP contribution in [-0.4, -0.2) is 70.5 Å². The minimum absolute atomic E-state index is 0.0134. The number of aliphatic hydroxyl groups excluding tert-OH is 1. The van der Waals surface area contributed by atoms with E-state index in [1.807, 2.05) is 11.0 Å². The Labute approximate surface area is 211 Å². The van der Waals surface area contributed by atoms with Crippen LogP contribution in [0.5, 0.6) is 0 Å². The molecule has 2 aliphatic heterocycles. The number of piperidine rings is 1. The molecule has 1 spiro atoms. The van der Waals surface area contributed by atoms with Gasteiger partial charge in [-0.25, -0.2) is 4.39 Å². The van der Waals surface area contributed by atoms with Crippen molar-refractivity contribution < 1.29 is 19.1 Å². The number of anilines is 1. The van der Waals surface area contributed by atoms with Crippen LogP contribution in [0, 0.1) is 16.6 Å². The lowest BCUT2D eigenvalue weighted by Crippen LogP contribution is -2.53. The van der Waals surface area contributed by atoms with E-state index in [1.165, 1.54) is 15.7 Å². The molecule has 0 unspecified atom stereocenters. The van der Waals surface area contributed by atoms with Gasteiger partial charge in [-0.15, -0.1) is 0 Å². The van der Waals surface area contributed by atoms with Crippen LogP contribution in [0.1, 0.15) is 61.9 Å². The number of rotatable bonds is 4. The second-order valence-electron chi connectivity index (χ2n) is 11.0. The molecule has 3 heterocycles. The molecule has 1 aromatic carbocycles. The van der Waals surface area contributed by atoms with Gasteiger partial charge in [0.1, 0.15) is 11.5 Å². The molecule has 7 nitrogen and oxygen atoms in total. The lowest BCUT2D eigenvalue weighted by molar-refractivity contribution is -0.643. The number of benzene rings is 1. The van der Waals surface area contributed by atoms with Crippen molar-refractivity contribution in [3.8, 4) is 11.1 Å². The van der Waals surface area contributed by atoms with Gasteiger partial charge in [0.15, 0.2) is 0 Å². The normalized spacial score (nSPS) is 28.5. The molecule has 1 saturated carbocycles. The number of amides is 1. The fourth-order valence-corrected chi connectivity index (χ4v) is 6.47. The molecule has 8 heteroatoms. The molecule has 2 aromatic rings. The summed E-state index contributed by atoms with van der Waals surface area (Å²) in [6.07, 6.45) is 8.23. The Morgan fingerprint density at radius 1 is 1.11 bits per heavy atom. The van der Waals surface area contributed by atoms with Crippen molar-refractivity contribution in [2.24, 2.45) is 5.92 Å². The molecule has 2 atom stereocenters. The zero-order valence-electron chi connectivity index (χ0n) is 21.2. The number of aliphatic hydroxyl groups is 1. The molecule has 0 radical (unpaired) electrons. The molecule has 192 valence electrons. The number of nitrogens with zero attached hydrogens (tertiary/aromatic N) is 4. The van der Waals surface area contributed by atoms with Gasteiger partial charge in [0.05, 0.1) is 18.3 Å². The van der Waals surface area contributed by atoms with Crippen LogP contribution in [0.2, 0.25) is 0 Å². The Kier molecular flexibility index (Phi) is 6.81. The van der Waals surface area contributed by atoms with Gasteiger partial charge in [0.25, 0.3) is 5.91 Å². The summed E-state index contributed by atoms with van der Waals surface area (Å²) in [7, 11) is 3.35. The van der Waals surface area contributed by atoms with Crippen molar-refractivity contribution in [2.75, 3.05) is 32.1 Å². The molecular weight excluding hydrogens is 459 g/mol. The van der Waals surface area contributed by atoms with E-state index >= 15 is 4.39 Å². The van der Waals surface area contributed by atoms with E-state index in [9.17, 15) is 14.8 Å². The van der Waals surface area contributed by atoms with E-state index < -0.39 is 5.54 Å². The van der Waals surface area contributed by atoms with Gasteiger partial charge in [0, 0.05) is 67.2 Å². The summed E-state index contributed by atoms with van der Waals surface area (Å²) in [5.41, 5.74) is 1.87. The molecule has 5 rings (SSSR count). The molecule has 3 fully saturated rings. The Balaban J connectivity index is 1.30. The highest BCUT2D eigenvalue weighted by Gasteiger charge is 2.59. The van der Waals surface area contributed by atoms with Crippen LogP contribution < -0.4 is 4.90 Å². The quantitative estimate of drug-likeness (QED) is 0.636. The van der Waals surface area contributed by atoms with Crippen LogP contribution in [0.4, 0.5) is 10.1 Å². The van der Waals surface area contributed by atoms with Gasteiger partial charge in [-0.05, 0) is 55.9 Å². The molecule has 1 N–H and O–H groups in total. The number of halogens is 1. The molecule has 36 heavy (non-hydrogen) atoms. The Bertz CT molecular complexity index is 1130. The summed E-state index contributed by atoms with van der Waals surface area (Å²) in [6.45, 7) is 1.27. The number of pyridine rings is 1. The van der Waals surface area contributed by atoms with E-state index in [0.29, 0.717) is 29.4 Å². The lowest BCUT2D eigenvalue weighted by atomic mass is 9.82. The van der Waals surface area contributed by atoms with Gasteiger partial charge in [0.2, 0.25) is 11.6 Å². The molecular formula is C28H36FN4O3+. The fourth-order valence-electron chi connectivity index (χ4n) is 6.47. The number of nitroso groups, excluding NO2 is 1. The van der Waals surface area contributed by atoms with Gasteiger partial charge in [-0.1, -0.05) is 12.1 Å². The van der Waals surface area contributed by atoms with Crippen LogP contribution in [0.15, 0.2) is 36.5 Å². The molecule has 1 amide bonds. The van der Waals surface area contributed by atoms with E-state index in [0.717, 1.165) is 63.5 Å². The maximum absolute atomic E-state index is 15.4. The summed E-state index contributed by atoms with van der Waals surface area (Å²) >= 11 is 0. The van der Waals surface area contributed by atoms with Crippen molar-refractivity contribution in [3.63, 3.8) is 0 Å². The largest absolute Gasteiger partial charge is 0.393 e. The summed E-state index contributed by atoms with van der Waals surface area (Å²) in [5.74, 6) is -0.138. The fraction of sp³-hybridized carbons (Fsp3) is 0.571. The van der Waals surface area contributed by atoms with Crippen molar-refractivity contribution in [1.82, 2.24) is 9.88 Å². The molecule has 1 aromatic heterocycles. The number of aromatic nitrogens is 1. The van der Waals surface area contributed by atoms with Crippen molar-refractivity contribution in [1.29, 1.82) is 0 Å². The third kappa shape index (κ3) is 4.63. The summed E-state index contributed by atoms with van der Waals surface area (Å²) in [6, 6.07) is 8.65. The van der Waals surface area contributed by atoms with Crippen molar-refractivity contribution in [2.45, 2.75) is 69.1 Å². The Morgan fingerprint density at radius 3 is 2.53 bits per heavy atom. The van der Waals surface area contributed by atoms with Crippen LogP contribution in [0.3, 0.4) is 0 Å². The maximum atomic E-state index is 15.4. The zero-order valence-corrected chi connectivity index (χ0v) is 21.2. The highest BCUT2D eigenvalue weighted by Crippen LogP contribution is 2.43. The number of carbonyl (C=O) groups is 1. The monoisotopic (exact) mass is 495 g/mol. The second kappa shape index (κ2) is 9.88. The predicted molar refractivity (Wildman–Crippen MR) is 136 cm³/mol. The Hall–Kier alpha value is -2.87. The van der Waals surface area contributed by atoms with Crippen LogP contribution in [-0.2, 0) is 0 Å². The predicted octanol–water partition coefficient (Wildman–Crippen LogP) is 4.42. The molecule has 1 aliphatic carbocycles. The molecule has 2 saturated heterocycles. The SMILES string of the molecule is CN(C)C(=O)c1ccc(-c2ccc(N3CCC[C@]4(CC[C@@H](C5CCC(O)CC5)[N+]4=O)C3)c(F)c2)cn1. The van der Waals surface area contributed by atoms with Crippen LogP contribution in [0.25, 0.3) is 11.1 Å². The Morgan fingerprint density at radius 2 is 1.86 bits per heavy atom. The average Bonchev–Trinajstić information content (AvgIpc) is 3.19. The summed E-state index contributed by atoms with van der Waals surface area (Å²) in [4.78, 5) is 33.4. The minimum atomic E-state index is -0.456. The number of hydrogen-bond donors (Lipinski definition) is 1. The van der Waals surface area contributed by atoms with Gasteiger partial charge in [-0.2, -0.15) is 0 Å². The average molecular weight is 496 g/mol. The van der Waals surface area contributed by atoms with Crippen LogP contribution >= 0.6 is 0 Å². The third-order valence-corrected chi connectivity index (χ3v) is 8.53. The topological polar surface area (TPSA) is 76.8 Å². The van der Waals surface area contributed by atoms with E-state index in [2.05, 4.69) is 4.98 Å². The number of hydrogen-bond acceptors (Lipinski definition) is 5. The van der Waals surface area contributed by atoms with Gasteiger partial charge < -0.3 is 14.9 Å². The summed E-state index contributed by atoms with van der Waals surface area (Å²) in [5, 5.41) is 9.86. The van der Waals surface area contributed by atoms with E-state index in [1.54, 1.807) is 38.5 Å². The molecule has 0 bridgehead atoms. The zero-order chi connectivity index (χ0) is 25.4. The highest BCUT2D eigenvalue weighted by atomic mass is 19.1. The standard InChI is InChI=1S/C28H36FN4O3/c1-31(2)27(35)24-10-6-21(17-30-24)20-7-11-26(23(29)16-20)32-15-3-13-28(18-32)14-12-25(33(28)36)19-4-8-22(34)9-5-19/h6-7,10-11,16-17,19,22,25,34H,3-5,8-9,12-15,18H2,1-2H3/q+1/t19?,22?,25-,28-/m0/s1. The molecule has 3 aliphatic rings. The highest BCUT2D eigenvalue weighted by molar-refractivity contribution is 5.92. The van der Waals surface area contributed by atoms with Crippen molar-refractivity contribution >= 4 is 11.6 Å². The third-order valence-electron chi connectivity index (χ3n) is 8.53. The first-order valence-electron chi connectivity index (χ1n) is 13.1.